The second-order valence-electron chi connectivity index (χ2n) is 7.90. The molecule has 0 radical (unpaired) electrons. The molecule has 7 nitrogen and oxygen atoms in total. The van der Waals surface area contributed by atoms with E-state index in [0.717, 1.165) is 5.56 Å². The second kappa shape index (κ2) is 11.0. The van der Waals surface area contributed by atoms with Gasteiger partial charge in [-0.05, 0) is 66.2 Å². The second-order valence-corrected chi connectivity index (χ2v) is 8.30. The molecule has 1 aliphatic rings. The van der Waals surface area contributed by atoms with Crippen LogP contribution in [0, 0.1) is 11.7 Å². The highest BCUT2D eigenvalue weighted by Gasteiger charge is 2.35. The van der Waals surface area contributed by atoms with E-state index in [1.807, 2.05) is 0 Å². The summed E-state index contributed by atoms with van der Waals surface area (Å²) in [6.07, 6.45) is 1.61. The maximum Gasteiger partial charge on any atom is 0.245 e. The lowest BCUT2D eigenvalue weighted by Gasteiger charge is -2.16. The standard InChI is InChI=1S/C26H23ClFN3O4/c1-34-20-11-7-19(8-12-20)31-15-18(13-25(31)32)26(33)30-29-14-17-5-9-21(10-6-17)35-16-22-23(27)3-2-4-24(22)28/h2-12,14,18H,13,15-16H2,1H3,(H,30,33)/b29-14+/t18-/m0/s1. The van der Waals surface area contributed by atoms with Crippen LogP contribution in [0.3, 0.4) is 0 Å². The van der Waals surface area contributed by atoms with Crippen molar-refractivity contribution in [3.8, 4) is 11.5 Å². The molecule has 1 N–H and O–H groups in total. The third-order valence-electron chi connectivity index (χ3n) is 5.59. The van der Waals surface area contributed by atoms with E-state index >= 15 is 0 Å². The van der Waals surface area contributed by atoms with E-state index in [2.05, 4.69) is 10.5 Å². The number of nitrogens with zero attached hydrogens (tertiary/aromatic N) is 2. The third-order valence-corrected chi connectivity index (χ3v) is 5.95. The third kappa shape index (κ3) is 5.96. The van der Waals surface area contributed by atoms with Crippen LogP contribution in [0.2, 0.25) is 5.02 Å². The van der Waals surface area contributed by atoms with E-state index in [1.54, 1.807) is 66.6 Å². The maximum atomic E-state index is 13.8. The molecule has 1 aliphatic heterocycles. The van der Waals surface area contributed by atoms with Crippen LogP contribution in [0.5, 0.6) is 11.5 Å². The van der Waals surface area contributed by atoms with Gasteiger partial charge in [-0.3, -0.25) is 9.59 Å². The molecule has 4 rings (SSSR count). The molecular weight excluding hydrogens is 473 g/mol. The molecule has 2 amide bonds. The van der Waals surface area contributed by atoms with Crippen molar-refractivity contribution in [3.63, 3.8) is 0 Å². The number of ether oxygens (including phenoxy) is 2. The summed E-state index contributed by atoms with van der Waals surface area (Å²) in [5.74, 6) is -0.138. The number of benzene rings is 3. The zero-order chi connectivity index (χ0) is 24.8. The number of rotatable bonds is 8. The number of carbonyl (C=O) groups excluding carboxylic acids is 2. The van der Waals surface area contributed by atoms with E-state index < -0.39 is 11.7 Å². The number of amides is 2. The monoisotopic (exact) mass is 495 g/mol. The molecule has 0 bridgehead atoms. The van der Waals surface area contributed by atoms with Crippen molar-refractivity contribution in [2.24, 2.45) is 11.0 Å². The topological polar surface area (TPSA) is 80.2 Å². The number of anilines is 1. The number of hydrazone groups is 1. The normalized spacial score (nSPS) is 15.5. The summed E-state index contributed by atoms with van der Waals surface area (Å²) in [5, 5.41) is 4.31. The molecule has 0 aromatic heterocycles. The molecule has 0 aliphatic carbocycles. The SMILES string of the molecule is COc1ccc(N2C[C@@H](C(=O)N/N=C/c3ccc(OCc4c(F)cccc4Cl)cc3)CC2=O)cc1. The van der Waals surface area contributed by atoms with Crippen molar-refractivity contribution in [3.05, 3.63) is 88.7 Å². The van der Waals surface area contributed by atoms with Gasteiger partial charge in [0.2, 0.25) is 11.8 Å². The highest BCUT2D eigenvalue weighted by Crippen LogP contribution is 2.27. The Labute approximate surface area is 207 Å². The fourth-order valence-corrected chi connectivity index (χ4v) is 3.85. The van der Waals surface area contributed by atoms with E-state index in [9.17, 15) is 14.0 Å². The van der Waals surface area contributed by atoms with Crippen molar-refractivity contribution in [1.29, 1.82) is 0 Å². The molecule has 180 valence electrons. The van der Waals surface area contributed by atoms with Crippen molar-refractivity contribution in [2.45, 2.75) is 13.0 Å². The minimum absolute atomic E-state index is 0.00263. The Balaban J connectivity index is 1.28. The summed E-state index contributed by atoms with van der Waals surface area (Å²) in [4.78, 5) is 26.5. The molecule has 3 aromatic rings. The lowest BCUT2D eigenvalue weighted by molar-refractivity contribution is -0.126. The van der Waals surface area contributed by atoms with E-state index in [4.69, 9.17) is 21.1 Å². The van der Waals surface area contributed by atoms with Crippen LogP contribution in [0.4, 0.5) is 10.1 Å². The minimum Gasteiger partial charge on any atom is -0.497 e. The Kier molecular flexibility index (Phi) is 7.62. The molecule has 1 atom stereocenters. The van der Waals surface area contributed by atoms with Crippen LogP contribution >= 0.6 is 11.6 Å². The van der Waals surface area contributed by atoms with Crippen molar-refractivity contribution in [2.75, 3.05) is 18.6 Å². The smallest absolute Gasteiger partial charge is 0.245 e. The maximum absolute atomic E-state index is 13.8. The zero-order valence-corrected chi connectivity index (χ0v) is 19.7. The summed E-state index contributed by atoms with van der Waals surface area (Å²) in [6.45, 7) is 0.285. The van der Waals surface area contributed by atoms with Crippen molar-refractivity contribution >= 4 is 35.3 Å². The van der Waals surface area contributed by atoms with Gasteiger partial charge >= 0.3 is 0 Å². The quantitative estimate of drug-likeness (QED) is 0.367. The number of carbonyl (C=O) groups is 2. The first-order valence-electron chi connectivity index (χ1n) is 10.9. The van der Waals surface area contributed by atoms with Gasteiger partial charge in [0.25, 0.3) is 0 Å². The van der Waals surface area contributed by atoms with Crippen LogP contribution in [0.1, 0.15) is 17.5 Å². The lowest BCUT2D eigenvalue weighted by atomic mass is 10.1. The van der Waals surface area contributed by atoms with Crippen molar-refractivity contribution < 1.29 is 23.5 Å². The minimum atomic E-state index is -0.497. The fraction of sp³-hybridized carbons (Fsp3) is 0.192. The zero-order valence-electron chi connectivity index (χ0n) is 18.9. The molecule has 0 unspecified atom stereocenters. The van der Waals surface area contributed by atoms with Crippen LogP contribution in [-0.4, -0.2) is 31.7 Å². The Bertz CT molecular complexity index is 1210. The molecule has 9 heteroatoms. The highest BCUT2D eigenvalue weighted by atomic mass is 35.5. The first kappa shape index (κ1) is 24.2. The van der Waals surface area contributed by atoms with Gasteiger partial charge in [-0.2, -0.15) is 5.10 Å². The molecular formula is C26H23ClFN3O4. The van der Waals surface area contributed by atoms with Crippen LogP contribution < -0.4 is 19.8 Å². The van der Waals surface area contributed by atoms with E-state index in [-0.39, 0.29) is 31.4 Å². The molecule has 1 heterocycles. The largest absolute Gasteiger partial charge is 0.497 e. The Morgan fingerprint density at radius 1 is 1.14 bits per heavy atom. The molecule has 35 heavy (non-hydrogen) atoms. The number of nitrogens with one attached hydrogen (secondary N) is 1. The predicted molar refractivity (Wildman–Crippen MR) is 131 cm³/mol. The number of hydrogen-bond donors (Lipinski definition) is 1. The van der Waals surface area contributed by atoms with E-state index in [0.29, 0.717) is 27.8 Å². The first-order valence-corrected chi connectivity index (χ1v) is 11.3. The van der Waals surface area contributed by atoms with Crippen LogP contribution in [-0.2, 0) is 16.2 Å². The molecule has 0 saturated carbocycles. The van der Waals surface area contributed by atoms with Gasteiger partial charge in [-0.1, -0.05) is 17.7 Å². The summed E-state index contributed by atoms with van der Waals surface area (Å²) in [6, 6.07) is 18.5. The molecule has 0 spiro atoms. The Morgan fingerprint density at radius 3 is 2.54 bits per heavy atom. The molecule has 1 fully saturated rings. The summed E-state index contributed by atoms with van der Waals surface area (Å²) < 4.78 is 24.6. The summed E-state index contributed by atoms with van der Waals surface area (Å²) >= 11 is 6.01. The summed E-state index contributed by atoms with van der Waals surface area (Å²) in [7, 11) is 1.57. The molecule has 3 aromatic carbocycles. The summed E-state index contributed by atoms with van der Waals surface area (Å²) in [5.41, 5.74) is 4.23. The Morgan fingerprint density at radius 2 is 1.86 bits per heavy atom. The van der Waals surface area contributed by atoms with Gasteiger partial charge in [0.15, 0.2) is 0 Å². The van der Waals surface area contributed by atoms with Gasteiger partial charge in [0.1, 0.15) is 23.9 Å². The van der Waals surface area contributed by atoms with Crippen LogP contribution in [0.15, 0.2) is 71.8 Å². The Hall–Kier alpha value is -3.91. The van der Waals surface area contributed by atoms with Gasteiger partial charge in [-0.15, -0.1) is 0 Å². The van der Waals surface area contributed by atoms with Crippen molar-refractivity contribution in [1.82, 2.24) is 5.43 Å². The van der Waals surface area contributed by atoms with Gasteiger partial charge in [-0.25, -0.2) is 9.82 Å². The van der Waals surface area contributed by atoms with Gasteiger partial charge in [0.05, 0.1) is 24.3 Å². The molecule has 1 saturated heterocycles. The van der Waals surface area contributed by atoms with Gasteiger partial charge in [0, 0.05) is 24.2 Å². The fourth-order valence-electron chi connectivity index (χ4n) is 3.63. The average molecular weight is 496 g/mol. The number of methoxy groups -OCH3 is 1. The van der Waals surface area contributed by atoms with Gasteiger partial charge < -0.3 is 14.4 Å². The lowest BCUT2D eigenvalue weighted by Crippen LogP contribution is -2.30. The number of halogens is 2. The average Bonchev–Trinajstić information content (AvgIpc) is 3.26. The number of hydrogen-bond acceptors (Lipinski definition) is 5. The highest BCUT2D eigenvalue weighted by molar-refractivity contribution is 6.31. The predicted octanol–water partition coefficient (Wildman–Crippen LogP) is 4.57. The van der Waals surface area contributed by atoms with E-state index in [1.165, 1.54) is 18.3 Å². The first-order chi connectivity index (χ1) is 16.9. The van der Waals surface area contributed by atoms with Crippen LogP contribution in [0.25, 0.3) is 0 Å².